The van der Waals surface area contributed by atoms with E-state index in [1.807, 2.05) is 0 Å². The van der Waals surface area contributed by atoms with Crippen molar-refractivity contribution in [2.45, 2.75) is 25.2 Å². The second kappa shape index (κ2) is 3.92. The Bertz CT molecular complexity index is 173. The topological polar surface area (TPSA) is 47.9 Å². The predicted molar refractivity (Wildman–Crippen MR) is 45.5 cm³/mol. The molecule has 0 aromatic heterocycles. The molecule has 0 amide bonds. The Kier molecular flexibility index (Phi) is 2.83. The minimum absolute atomic E-state index is 0.0158. The third-order valence-corrected chi connectivity index (χ3v) is 2.68. The van der Waals surface area contributed by atoms with Crippen molar-refractivity contribution in [1.82, 2.24) is 0 Å². The van der Waals surface area contributed by atoms with E-state index in [2.05, 4.69) is 6.92 Å². The molecule has 4 atom stereocenters. The number of fused-ring (bicyclic) bond motifs is 1. The summed E-state index contributed by atoms with van der Waals surface area (Å²) in [4.78, 5) is 0. The summed E-state index contributed by atoms with van der Waals surface area (Å²) < 4.78 is 16.5. The highest BCUT2D eigenvalue weighted by Crippen LogP contribution is 2.31. The van der Waals surface area contributed by atoms with E-state index >= 15 is 0 Å². The van der Waals surface area contributed by atoms with Gasteiger partial charge < -0.3 is 19.3 Å². The first kappa shape index (κ1) is 9.40. The van der Waals surface area contributed by atoms with Crippen LogP contribution in [0.4, 0.5) is 0 Å². The normalized spacial score (nSPS) is 43.8. The average molecular weight is 188 g/mol. The molecular formula is C9H16O4. The zero-order chi connectivity index (χ0) is 9.26. The van der Waals surface area contributed by atoms with E-state index in [0.29, 0.717) is 19.1 Å². The highest BCUT2D eigenvalue weighted by molar-refractivity contribution is 4.93. The molecule has 0 spiro atoms. The summed E-state index contributed by atoms with van der Waals surface area (Å²) >= 11 is 0. The third-order valence-electron chi connectivity index (χ3n) is 2.68. The minimum atomic E-state index is 0.0158. The monoisotopic (exact) mass is 188 g/mol. The molecule has 4 heteroatoms. The summed E-state index contributed by atoms with van der Waals surface area (Å²) in [7, 11) is 0. The fourth-order valence-electron chi connectivity index (χ4n) is 2.00. The maximum Gasteiger partial charge on any atom is 0.112 e. The zero-order valence-corrected chi connectivity index (χ0v) is 7.81. The number of aliphatic hydroxyl groups excluding tert-OH is 1. The summed E-state index contributed by atoms with van der Waals surface area (Å²) in [5, 5.41) is 8.61. The van der Waals surface area contributed by atoms with Crippen LogP contribution in [0.3, 0.4) is 0 Å². The SMILES string of the molecule is C[C@@H]1CO[C@H]2[C@@H]1OC[C@H]2OCCO. The van der Waals surface area contributed by atoms with Gasteiger partial charge in [0.05, 0.1) is 32.5 Å². The van der Waals surface area contributed by atoms with Gasteiger partial charge in [-0.3, -0.25) is 0 Å². The molecule has 2 aliphatic heterocycles. The van der Waals surface area contributed by atoms with Gasteiger partial charge in [-0.2, -0.15) is 0 Å². The van der Waals surface area contributed by atoms with Crippen molar-refractivity contribution in [3.63, 3.8) is 0 Å². The van der Waals surface area contributed by atoms with E-state index in [0.717, 1.165) is 6.61 Å². The average Bonchev–Trinajstić information content (AvgIpc) is 2.67. The standard InChI is InChI=1S/C9H16O4/c1-6-4-12-9-7(11-3-2-10)5-13-8(6)9/h6-10H,2-5H2,1H3/t6-,7-,8-,9-/m1/s1. The van der Waals surface area contributed by atoms with Crippen molar-refractivity contribution in [1.29, 1.82) is 0 Å². The van der Waals surface area contributed by atoms with Gasteiger partial charge in [-0.25, -0.2) is 0 Å². The van der Waals surface area contributed by atoms with Crippen LogP contribution in [-0.4, -0.2) is 49.8 Å². The first-order chi connectivity index (χ1) is 6.33. The van der Waals surface area contributed by atoms with Crippen molar-refractivity contribution in [3.05, 3.63) is 0 Å². The van der Waals surface area contributed by atoms with E-state index in [1.165, 1.54) is 0 Å². The molecule has 0 radical (unpaired) electrons. The predicted octanol–water partition coefficient (Wildman–Crippen LogP) is -0.202. The third kappa shape index (κ3) is 1.72. The van der Waals surface area contributed by atoms with Gasteiger partial charge >= 0.3 is 0 Å². The molecule has 1 N–H and O–H groups in total. The van der Waals surface area contributed by atoms with Crippen molar-refractivity contribution >= 4 is 0 Å². The van der Waals surface area contributed by atoms with Crippen LogP contribution in [0.5, 0.6) is 0 Å². The Morgan fingerprint density at radius 2 is 2.08 bits per heavy atom. The molecule has 0 aromatic rings. The number of hydrogen-bond acceptors (Lipinski definition) is 4. The Labute approximate surface area is 77.8 Å². The van der Waals surface area contributed by atoms with Gasteiger partial charge in [0.25, 0.3) is 0 Å². The lowest BCUT2D eigenvalue weighted by Gasteiger charge is -2.15. The van der Waals surface area contributed by atoms with E-state index in [9.17, 15) is 0 Å². The second-order valence-electron chi connectivity index (χ2n) is 3.71. The summed E-state index contributed by atoms with van der Waals surface area (Å²) in [6, 6.07) is 0. The number of ether oxygens (including phenoxy) is 3. The minimum Gasteiger partial charge on any atom is -0.394 e. The number of rotatable bonds is 3. The number of hydrogen-bond donors (Lipinski definition) is 1. The van der Waals surface area contributed by atoms with Crippen molar-refractivity contribution in [3.8, 4) is 0 Å². The summed E-state index contributed by atoms with van der Waals surface area (Å²) in [5.41, 5.74) is 0. The second-order valence-corrected chi connectivity index (χ2v) is 3.71. The highest BCUT2D eigenvalue weighted by atomic mass is 16.6. The van der Waals surface area contributed by atoms with Gasteiger partial charge in [-0.1, -0.05) is 6.92 Å². The van der Waals surface area contributed by atoms with Crippen molar-refractivity contribution < 1.29 is 19.3 Å². The molecule has 0 saturated carbocycles. The van der Waals surface area contributed by atoms with E-state index in [1.54, 1.807) is 0 Å². The molecule has 2 heterocycles. The van der Waals surface area contributed by atoms with Crippen LogP contribution in [0.2, 0.25) is 0 Å². The Balaban J connectivity index is 1.87. The molecule has 2 rings (SSSR count). The lowest BCUT2D eigenvalue weighted by molar-refractivity contribution is -0.0416. The quantitative estimate of drug-likeness (QED) is 0.666. The van der Waals surface area contributed by atoms with Crippen molar-refractivity contribution in [2.75, 3.05) is 26.4 Å². The maximum absolute atomic E-state index is 8.61. The molecular weight excluding hydrogens is 172 g/mol. The van der Waals surface area contributed by atoms with Gasteiger partial charge in [0, 0.05) is 5.92 Å². The zero-order valence-electron chi connectivity index (χ0n) is 7.81. The van der Waals surface area contributed by atoms with Crippen LogP contribution >= 0.6 is 0 Å². The molecule has 0 aliphatic carbocycles. The number of aliphatic hydroxyl groups is 1. The molecule has 13 heavy (non-hydrogen) atoms. The molecule has 2 fully saturated rings. The fraction of sp³-hybridized carbons (Fsp3) is 1.00. The fourth-order valence-corrected chi connectivity index (χ4v) is 2.00. The van der Waals surface area contributed by atoms with Gasteiger partial charge in [0.2, 0.25) is 0 Å². The summed E-state index contributed by atoms with van der Waals surface area (Å²) in [6.07, 6.45) is 0.298. The maximum atomic E-state index is 8.61. The largest absolute Gasteiger partial charge is 0.394 e. The molecule has 0 bridgehead atoms. The van der Waals surface area contributed by atoms with Crippen LogP contribution in [0.25, 0.3) is 0 Å². The Morgan fingerprint density at radius 1 is 1.31 bits per heavy atom. The van der Waals surface area contributed by atoms with E-state index < -0.39 is 0 Å². The van der Waals surface area contributed by atoms with Crippen LogP contribution in [0.1, 0.15) is 6.92 Å². The molecule has 4 nitrogen and oxygen atoms in total. The molecule has 0 unspecified atom stereocenters. The molecule has 2 saturated heterocycles. The first-order valence-electron chi connectivity index (χ1n) is 4.78. The van der Waals surface area contributed by atoms with Gasteiger partial charge in [-0.15, -0.1) is 0 Å². The molecule has 2 aliphatic rings. The summed E-state index contributed by atoms with van der Waals surface area (Å²) in [6.45, 7) is 3.91. The smallest absolute Gasteiger partial charge is 0.112 e. The van der Waals surface area contributed by atoms with Crippen LogP contribution < -0.4 is 0 Å². The van der Waals surface area contributed by atoms with Gasteiger partial charge in [0.1, 0.15) is 12.2 Å². The first-order valence-corrected chi connectivity index (χ1v) is 4.78. The van der Waals surface area contributed by atoms with Gasteiger partial charge in [-0.05, 0) is 0 Å². The van der Waals surface area contributed by atoms with Gasteiger partial charge in [0.15, 0.2) is 0 Å². The lowest BCUT2D eigenvalue weighted by atomic mass is 10.0. The Morgan fingerprint density at radius 3 is 2.85 bits per heavy atom. The van der Waals surface area contributed by atoms with E-state index in [4.69, 9.17) is 19.3 Å². The molecule has 76 valence electrons. The van der Waals surface area contributed by atoms with Crippen molar-refractivity contribution in [2.24, 2.45) is 5.92 Å². The van der Waals surface area contributed by atoms with Crippen LogP contribution in [-0.2, 0) is 14.2 Å². The van der Waals surface area contributed by atoms with Crippen LogP contribution in [0.15, 0.2) is 0 Å². The van der Waals surface area contributed by atoms with E-state index in [-0.39, 0.29) is 24.9 Å². The van der Waals surface area contributed by atoms with Crippen LogP contribution in [0, 0.1) is 5.92 Å². The molecule has 0 aromatic carbocycles. The Hall–Kier alpha value is -0.160. The lowest BCUT2D eigenvalue weighted by Crippen LogP contribution is -2.31. The summed E-state index contributed by atoms with van der Waals surface area (Å²) in [5.74, 6) is 0.465. The highest BCUT2D eigenvalue weighted by Gasteiger charge is 2.46.